The van der Waals surface area contributed by atoms with Gasteiger partial charge in [0.25, 0.3) is 0 Å². The Labute approximate surface area is 164 Å². The quantitative estimate of drug-likeness (QED) is 0.518. The van der Waals surface area contributed by atoms with Gasteiger partial charge in [-0.05, 0) is 24.4 Å². The number of piperazine rings is 3. The maximum atomic E-state index is 10.6. The van der Waals surface area contributed by atoms with Gasteiger partial charge in [0.05, 0.1) is 6.54 Å². The molecule has 3 N–H and O–H groups in total. The van der Waals surface area contributed by atoms with E-state index >= 15 is 0 Å². The van der Waals surface area contributed by atoms with Gasteiger partial charge in [-0.2, -0.15) is 0 Å². The van der Waals surface area contributed by atoms with Gasteiger partial charge in [0.2, 0.25) is 0 Å². The van der Waals surface area contributed by atoms with Gasteiger partial charge in [-0.3, -0.25) is 14.8 Å². The van der Waals surface area contributed by atoms with Gasteiger partial charge in [-0.15, -0.1) is 11.3 Å². The number of fused-ring (bicyclic) bond motifs is 4. The minimum Gasteiger partial charge on any atom is -0.386 e. The highest BCUT2D eigenvalue weighted by molar-refractivity contribution is 7.19. The first-order valence-corrected chi connectivity index (χ1v) is 10.7. The van der Waals surface area contributed by atoms with E-state index in [0.717, 1.165) is 30.5 Å². The molecule has 3 aliphatic heterocycles. The molecule has 7 heteroatoms. The van der Waals surface area contributed by atoms with Gasteiger partial charge in [0.1, 0.15) is 6.10 Å². The number of aliphatic imine (C=N–C) groups is 1. The van der Waals surface area contributed by atoms with E-state index in [-0.39, 0.29) is 0 Å². The molecule has 4 heterocycles. The molecule has 0 amide bonds. The highest BCUT2D eigenvalue weighted by atomic mass is 32.1. The van der Waals surface area contributed by atoms with Crippen LogP contribution in [0.1, 0.15) is 17.9 Å². The Bertz CT molecular complexity index is 751. The molecule has 3 saturated heterocycles. The predicted molar refractivity (Wildman–Crippen MR) is 113 cm³/mol. The lowest BCUT2D eigenvalue weighted by molar-refractivity contribution is 0.0154. The molecule has 0 aliphatic carbocycles. The first-order valence-electron chi connectivity index (χ1n) is 9.88. The zero-order valence-electron chi connectivity index (χ0n) is 15.9. The van der Waals surface area contributed by atoms with E-state index in [1.165, 1.54) is 36.3 Å². The largest absolute Gasteiger partial charge is 0.386 e. The standard InChI is InChI=1S/C20H29N5OS/c1-2-21-20(22-12-16-14-24-7-9-25(16)10-8-24)23-13-17(26)19-11-15-5-3-4-6-18(15)27-19/h3-6,11,16-17,26H,2,7-10,12-14H2,1H3,(H2,21,22,23). The number of benzene rings is 1. The van der Waals surface area contributed by atoms with E-state index in [9.17, 15) is 5.11 Å². The van der Waals surface area contributed by atoms with Gasteiger partial charge in [0.15, 0.2) is 5.96 Å². The fraction of sp³-hybridized carbons (Fsp3) is 0.550. The summed E-state index contributed by atoms with van der Waals surface area (Å²) in [4.78, 5) is 10.7. The van der Waals surface area contributed by atoms with E-state index in [1.807, 2.05) is 12.1 Å². The Kier molecular flexibility index (Phi) is 5.92. The predicted octanol–water partition coefficient (Wildman–Crippen LogP) is 1.49. The Morgan fingerprint density at radius 2 is 2.07 bits per heavy atom. The number of rotatable bonds is 6. The molecule has 2 unspecified atom stereocenters. The maximum absolute atomic E-state index is 10.6. The van der Waals surface area contributed by atoms with Crippen molar-refractivity contribution in [3.63, 3.8) is 0 Å². The van der Waals surface area contributed by atoms with Crippen LogP contribution in [0, 0.1) is 0 Å². The number of guanidine groups is 1. The first kappa shape index (κ1) is 18.7. The summed E-state index contributed by atoms with van der Waals surface area (Å²) in [6.45, 7) is 10.0. The van der Waals surface area contributed by atoms with Crippen molar-refractivity contribution >= 4 is 27.4 Å². The molecule has 1 aromatic carbocycles. The average Bonchev–Trinajstić information content (AvgIpc) is 3.15. The van der Waals surface area contributed by atoms with Crippen molar-refractivity contribution in [1.82, 2.24) is 20.4 Å². The molecule has 27 heavy (non-hydrogen) atoms. The number of hydrogen-bond acceptors (Lipinski definition) is 5. The number of nitrogens with one attached hydrogen (secondary N) is 2. The van der Waals surface area contributed by atoms with Crippen LogP contribution >= 0.6 is 11.3 Å². The molecular weight excluding hydrogens is 358 g/mol. The van der Waals surface area contributed by atoms with Crippen LogP contribution in [0.5, 0.6) is 0 Å². The highest BCUT2D eigenvalue weighted by Crippen LogP contribution is 2.29. The third-order valence-corrected chi connectivity index (χ3v) is 6.65. The average molecular weight is 388 g/mol. The minimum absolute atomic E-state index is 0.364. The van der Waals surface area contributed by atoms with Gasteiger partial charge in [0, 0.05) is 61.4 Å². The summed E-state index contributed by atoms with van der Waals surface area (Å²) in [6, 6.07) is 10.9. The third-order valence-electron chi connectivity index (χ3n) is 5.44. The summed E-state index contributed by atoms with van der Waals surface area (Å²) in [5, 5.41) is 18.5. The molecule has 2 bridgehead atoms. The zero-order valence-corrected chi connectivity index (χ0v) is 16.7. The van der Waals surface area contributed by atoms with E-state index in [1.54, 1.807) is 11.3 Å². The van der Waals surface area contributed by atoms with E-state index in [2.05, 4.69) is 50.5 Å². The molecule has 3 aliphatic rings. The fourth-order valence-electron chi connectivity index (χ4n) is 3.91. The smallest absolute Gasteiger partial charge is 0.191 e. The lowest BCUT2D eigenvalue weighted by atomic mass is 10.1. The Hall–Kier alpha value is -1.67. The van der Waals surface area contributed by atoms with Crippen molar-refractivity contribution in [1.29, 1.82) is 0 Å². The van der Waals surface area contributed by atoms with Crippen molar-refractivity contribution in [3.05, 3.63) is 35.2 Å². The maximum Gasteiger partial charge on any atom is 0.191 e. The van der Waals surface area contributed by atoms with Crippen molar-refractivity contribution in [2.45, 2.75) is 19.1 Å². The second kappa shape index (κ2) is 8.56. The zero-order chi connectivity index (χ0) is 18.6. The van der Waals surface area contributed by atoms with Crippen LogP contribution in [0.25, 0.3) is 10.1 Å². The number of aliphatic hydroxyl groups excluding tert-OH is 1. The van der Waals surface area contributed by atoms with Gasteiger partial charge in [-0.1, -0.05) is 18.2 Å². The van der Waals surface area contributed by atoms with Crippen LogP contribution in [0.4, 0.5) is 0 Å². The summed E-state index contributed by atoms with van der Waals surface area (Å²) in [6.07, 6.45) is -0.571. The summed E-state index contributed by atoms with van der Waals surface area (Å²) < 4.78 is 1.21. The Morgan fingerprint density at radius 1 is 1.26 bits per heavy atom. The van der Waals surface area contributed by atoms with Crippen LogP contribution in [0.3, 0.4) is 0 Å². The molecule has 5 rings (SSSR count). The molecule has 0 radical (unpaired) electrons. The number of hydrogen-bond donors (Lipinski definition) is 3. The second-order valence-electron chi connectivity index (χ2n) is 7.29. The monoisotopic (exact) mass is 387 g/mol. The van der Waals surface area contributed by atoms with Gasteiger partial charge in [-0.25, -0.2) is 0 Å². The van der Waals surface area contributed by atoms with Gasteiger partial charge >= 0.3 is 0 Å². The van der Waals surface area contributed by atoms with Crippen molar-refractivity contribution in [2.24, 2.45) is 4.99 Å². The molecule has 0 spiro atoms. The first-order chi connectivity index (χ1) is 13.2. The van der Waals surface area contributed by atoms with Crippen molar-refractivity contribution in [3.8, 4) is 0 Å². The fourth-order valence-corrected chi connectivity index (χ4v) is 4.95. The molecule has 2 aromatic rings. The normalized spacial score (nSPS) is 26.3. The van der Waals surface area contributed by atoms with Crippen LogP contribution in [-0.4, -0.2) is 79.3 Å². The highest BCUT2D eigenvalue weighted by Gasteiger charge is 2.31. The van der Waals surface area contributed by atoms with Crippen molar-refractivity contribution < 1.29 is 5.11 Å². The SMILES string of the molecule is CCNC(=NCC(O)c1cc2ccccc2s1)NCC1CN2CCN1CC2. The number of aliphatic hydroxyl groups is 1. The molecule has 1 aromatic heterocycles. The third kappa shape index (κ3) is 4.43. The molecule has 146 valence electrons. The Morgan fingerprint density at radius 3 is 2.78 bits per heavy atom. The van der Waals surface area contributed by atoms with E-state index < -0.39 is 6.10 Å². The molecular formula is C20H29N5OS. The van der Waals surface area contributed by atoms with Crippen LogP contribution in [0.2, 0.25) is 0 Å². The second-order valence-corrected chi connectivity index (χ2v) is 8.41. The molecule has 6 nitrogen and oxygen atoms in total. The lowest BCUT2D eigenvalue weighted by Crippen LogP contribution is -2.63. The topological polar surface area (TPSA) is 63.1 Å². The summed E-state index contributed by atoms with van der Waals surface area (Å²) in [5.74, 6) is 0.787. The van der Waals surface area contributed by atoms with Crippen LogP contribution < -0.4 is 10.6 Å². The summed E-state index contributed by atoms with van der Waals surface area (Å²) >= 11 is 1.64. The van der Waals surface area contributed by atoms with Crippen LogP contribution in [0.15, 0.2) is 35.3 Å². The van der Waals surface area contributed by atoms with E-state index in [0.29, 0.717) is 12.6 Å². The lowest BCUT2D eigenvalue weighted by Gasteiger charge is -2.47. The van der Waals surface area contributed by atoms with Crippen LogP contribution in [-0.2, 0) is 0 Å². The minimum atomic E-state index is -0.571. The molecule has 3 fully saturated rings. The number of nitrogens with zero attached hydrogens (tertiary/aromatic N) is 3. The van der Waals surface area contributed by atoms with E-state index in [4.69, 9.17) is 0 Å². The van der Waals surface area contributed by atoms with Gasteiger partial charge < -0.3 is 15.7 Å². The molecule has 2 atom stereocenters. The number of thiophene rings is 1. The van der Waals surface area contributed by atoms with Crippen molar-refractivity contribution in [2.75, 3.05) is 52.4 Å². The Balaban J connectivity index is 1.35. The molecule has 0 saturated carbocycles. The summed E-state index contributed by atoms with van der Waals surface area (Å²) in [5.41, 5.74) is 0. The summed E-state index contributed by atoms with van der Waals surface area (Å²) in [7, 11) is 0.